The first-order chi connectivity index (χ1) is 11.9. The highest BCUT2D eigenvalue weighted by molar-refractivity contribution is 8.00. The molecule has 1 aliphatic rings. The van der Waals surface area contributed by atoms with Crippen LogP contribution in [0.25, 0.3) is 4.91 Å². The maximum atomic E-state index is 12.5. The lowest BCUT2D eigenvalue weighted by atomic mass is 10.1. The molecule has 6 heteroatoms. The van der Waals surface area contributed by atoms with Crippen LogP contribution >= 0.6 is 0 Å². The van der Waals surface area contributed by atoms with Crippen LogP contribution in [0.5, 0.6) is 5.75 Å². The number of aliphatic imine (C=N–C) groups is 1. The van der Waals surface area contributed by atoms with Gasteiger partial charge in [-0.3, -0.25) is 9.71 Å². The normalized spacial score (nSPS) is 17.6. The molecular formula is C19H20N2O3S. The topological polar surface area (TPSA) is 67.8 Å². The van der Waals surface area contributed by atoms with E-state index in [0.717, 1.165) is 16.9 Å². The molecule has 1 N–H and O–H groups in total. The van der Waals surface area contributed by atoms with E-state index in [1.807, 2.05) is 55.5 Å². The highest BCUT2D eigenvalue weighted by Crippen LogP contribution is 2.30. The van der Waals surface area contributed by atoms with E-state index in [1.54, 1.807) is 14.0 Å². The average molecular weight is 356 g/mol. The molecule has 1 aliphatic heterocycles. The standard InChI is InChI=1S/C19H20N2O3S/c1-13-8-10-15(11-9-13)18-14(2)19(21-25(18,22)23)20-12-16-6-4-5-7-17(16)24-3/h4-11H,12H2,1-3H3,(H,20,21). The Hall–Kier alpha value is -2.60. The lowest BCUT2D eigenvalue weighted by Gasteiger charge is -2.06. The Morgan fingerprint density at radius 2 is 1.72 bits per heavy atom. The Morgan fingerprint density at radius 3 is 2.40 bits per heavy atom. The van der Waals surface area contributed by atoms with Gasteiger partial charge in [0, 0.05) is 11.1 Å². The zero-order valence-corrected chi connectivity index (χ0v) is 15.2. The fraction of sp³-hybridized carbons (Fsp3) is 0.211. The Bertz CT molecular complexity index is 958. The van der Waals surface area contributed by atoms with E-state index in [-0.39, 0.29) is 4.91 Å². The van der Waals surface area contributed by atoms with Gasteiger partial charge in [0.15, 0.2) is 0 Å². The van der Waals surface area contributed by atoms with Crippen molar-refractivity contribution in [3.8, 4) is 5.75 Å². The molecular weight excluding hydrogens is 336 g/mol. The molecule has 0 atom stereocenters. The average Bonchev–Trinajstić information content (AvgIpc) is 2.83. The quantitative estimate of drug-likeness (QED) is 0.914. The smallest absolute Gasteiger partial charge is 0.264 e. The molecule has 5 nitrogen and oxygen atoms in total. The zero-order valence-electron chi connectivity index (χ0n) is 14.4. The van der Waals surface area contributed by atoms with E-state index >= 15 is 0 Å². The molecule has 0 spiro atoms. The van der Waals surface area contributed by atoms with Crippen molar-refractivity contribution in [1.82, 2.24) is 4.72 Å². The molecule has 2 aromatic carbocycles. The predicted octanol–water partition coefficient (Wildman–Crippen LogP) is 3.27. The van der Waals surface area contributed by atoms with Gasteiger partial charge < -0.3 is 4.74 Å². The van der Waals surface area contributed by atoms with Crippen molar-refractivity contribution in [2.75, 3.05) is 7.11 Å². The van der Waals surface area contributed by atoms with Gasteiger partial charge in [0.25, 0.3) is 10.0 Å². The molecule has 130 valence electrons. The summed E-state index contributed by atoms with van der Waals surface area (Å²) < 4.78 is 32.9. The summed E-state index contributed by atoms with van der Waals surface area (Å²) in [5, 5.41) is 0. The van der Waals surface area contributed by atoms with Crippen molar-refractivity contribution in [2.24, 2.45) is 4.99 Å². The maximum Gasteiger partial charge on any atom is 0.264 e. The number of hydrogen-bond donors (Lipinski definition) is 1. The molecule has 0 fully saturated rings. The van der Waals surface area contributed by atoms with Gasteiger partial charge in [0.1, 0.15) is 16.5 Å². The van der Waals surface area contributed by atoms with Gasteiger partial charge in [-0.25, -0.2) is 8.42 Å². The van der Waals surface area contributed by atoms with Crippen LogP contribution < -0.4 is 9.46 Å². The molecule has 0 saturated carbocycles. The summed E-state index contributed by atoms with van der Waals surface area (Å²) in [6.45, 7) is 4.07. The largest absolute Gasteiger partial charge is 0.496 e. The molecule has 0 aliphatic carbocycles. The highest BCUT2D eigenvalue weighted by Gasteiger charge is 2.32. The van der Waals surface area contributed by atoms with Crippen LogP contribution in [-0.2, 0) is 16.6 Å². The Balaban J connectivity index is 1.97. The highest BCUT2D eigenvalue weighted by atomic mass is 32.2. The van der Waals surface area contributed by atoms with E-state index < -0.39 is 10.0 Å². The number of nitrogens with zero attached hydrogens (tertiary/aromatic N) is 1. The number of methoxy groups -OCH3 is 1. The second-order valence-electron chi connectivity index (χ2n) is 5.90. The van der Waals surface area contributed by atoms with E-state index in [9.17, 15) is 8.42 Å². The van der Waals surface area contributed by atoms with Crippen LogP contribution in [0.3, 0.4) is 0 Å². The summed E-state index contributed by atoms with van der Waals surface area (Å²) in [4.78, 5) is 4.74. The fourth-order valence-corrected chi connectivity index (χ4v) is 4.31. The number of nitrogens with one attached hydrogen (secondary N) is 1. The maximum absolute atomic E-state index is 12.5. The first-order valence-electron chi connectivity index (χ1n) is 7.90. The van der Waals surface area contributed by atoms with E-state index in [4.69, 9.17) is 4.74 Å². The van der Waals surface area contributed by atoms with Crippen molar-refractivity contribution in [3.05, 3.63) is 70.8 Å². The first-order valence-corrected chi connectivity index (χ1v) is 9.38. The van der Waals surface area contributed by atoms with Gasteiger partial charge in [-0.05, 0) is 25.5 Å². The third-order valence-corrected chi connectivity index (χ3v) is 5.65. The predicted molar refractivity (Wildman–Crippen MR) is 100.0 cm³/mol. The number of aryl methyl sites for hydroxylation is 1. The molecule has 0 radical (unpaired) electrons. The van der Waals surface area contributed by atoms with Gasteiger partial charge in [-0.1, -0.05) is 48.0 Å². The minimum Gasteiger partial charge on any atom is -0.496 e. The number of hydrogen-bond acceptors (Lipinski definition) is 4. The second-order valence-corrected chi connectivity index (χ2v) is 7.52. The van der Waals surface area contributed by atoms with Crippen LogP contribution in [0.15, 0.2) is 59.1 Å². The summed E-state index contributed by atoms with van der Waals surface area (Å²) in [6.07, 6.45) is 0. The lowest BCUT2D eigenvalue weighted by molar-refractivity contribution is 0.410. The minimum absolute atomic E-state index is 0.284. The summed E-state index contributed by atoms with van der Waals surface area (Å²) >= 11 is 0. The van der Waals surface area contributed by atoms with Crippen LogP contribution in [0.4, 0.5) is 0 Å². The summed E-state index contributed by atoms with van der Waals surface area (Å²) in [6, 6.07) is 15.0. The van der Waals surface area contributed by atoms with E-state index in [1.165, 1.54) is 0 Å². The van der Waals surface area contributed by atoms with Crippen molar-refractivity contribution in [2.45, 2.75) is 20.4 Å². The third kappa shape index (κ3) is 3.44. The van der Waals surface area contributed by atoms with Gasteiger partial charge in [0.05, 0.1) is 13.7 Å². The van der Waals surface area contributed by atoms with Gasteiger partial charge in [-0.15, -0.1) is 0 Å². The molecule has 0 amide bonds. The third-order valence-electron chi connectivity index (χ3n) is 4.11. The number of benzene rings is 2. The van der Waals surface area contributed by atoms with Crippen LogP contribution in [0.1, 0.15) is 23.6 Å². The van der Waals surface area contributed by atoms with Crippen LogP contribution in [-0.4, -0.2) is 21.4 Å². The summed E-state index contributed by atoms with van der Waals surface area (Å²) in [7, 11) is -2.00. The molecule has 0 saturated heterocycles. The van der Waals surface area contributed by atoms with Crippen molar-refractivity contribution in [3.63, 3.8) is 0 Å². The van der Waals surface area contributed by atoms with Gasteiger partial charge in [-0.2, -0.15) is 0 Å². The minimum atomic E-state index is -3.60. The molecule has 2 aromatic rings. The Kier molecular flexibility index (Phi) is 4.63. The molecule has 0 aromatic heterocycles. The number of para-hydroxylation sites is 1. The molecule has 25 heavy (non-hydrogen) atoms. The van der Waals surface area contributed by atoms with E-state index in [0.29, 0.717) is 23.5 Å². The number of sulfonamides is 1. The van der Waals surface area contributed by atoms with Gasteiger partial charge in [0.2, 0.25) is 0 Å². The van der Waals surface area contributed by atoms with E-state index in [2.05, 4.69) is 9.71 Å². The van der Waals surface area contributed by atoms with Crippen molar-refractivity contribution < 1.29 is 13.2 Å². The Labute approximate surface area is 148 Å². The molecule has 0 bridgehead atoms. The second kappa shape index (κ2) is 6.72. The first kappa shape index (κ1) is 17.2. The number of amidine groups is 1. The molecule has 1 heterocycles. The number of rotatable bonds is 4. The molecule has 0 unspecified atom stereocenters. The number of ether oxygens (including phenoxy) is 1. The Morgan fingerprint density at radius 1 is 1.04 bits per heavy atom. The van der Waals surface area contributed by atoms with Crippen LogP contribution in [0.2, 0.25) is 0 Å². The SMILES string of the molecule is COc1ccccc1CN=C1NS(=O)(=O)C(c2ccc(C)cc2)=C1C. The lowest BCUT2D eigenvalue weighted by Crippen LogP contribution is -2.23. The monoisotopic (exact) mass is 356 g/mol. The van der Waals surface area contributed by atoms with Crippen molar-refractivity contribution in [1.29, 1.82) is 0 Å². The van der Waals surface area contributed by atoms with Crippen molar-refractivity contribution >= 4 is 20.8 Å². The summed E-state index contributed by atoms with van der Waals surface area (Å²) in [5.41, 5.74) is 3.26. The molecule has 3 rings (SSSR count). The van der Waals surface area contributed by atoms with Gasteiger partial charge >= 0.3 is 0 Å². The zero-order chi connectivity index (χ0) is 18.0. The van der Waals surface area contributed by atoms with Crippen LogP contribution in [0, 0.1) is 6.92 Å². The summed E-state index contributed by atoms with van der Waals surface area (Å²) in [5.74, 6) is 1.11. The fourth-order valence-electron chi connectivity index (χ4n) is 2.79.